The molecule has 0 spiro atoms. The quantitative estimate of drug-likeness (QED) is 0.878. The van der Waals surface area contributed by atoms with Gasteiger partial charge in [-0.3, -0.25) is 13.8 Å². The molecular weight excluding hydrogens is 348 g/mol. The molecule has 0 bridgehead atoms. The smallest absolute Gasteiger partial charge is 0.251 e. The number of anilines is 1. The number of carbonyl (C=O) groups is 2. The Kier molecular flexibility index (Phi) is 5.83. The summed E-state index contributed by atoms with van der Waals surface area (Å²) >= 11 is 0. The van der Waals surface area contributed by atoms with Crippen molar-refractivity contribution in [2.45, 2.75) is 18.6 Å². The fourth-order valence-corrected chi connectivity index (χ4v) is 3.83. The molecule has 0 saturated heterocycles. The van der Waals surface area contributed by atoms with Gasteiger partial charge in [0.05, 0.1) is 6.54 Å². The second kappa shape index (κ2) is 8.27. The van der Waals surface area contributed by atoms with E-state index in [0.29, 0.717) is 17.9 Å². The summed E-state index contributed by atoms with van der Waals surface area (Å²) in [4.78, 5) is 26.7. The molecule has 2 aromatic rings. The monoisotopic (exact) mass is 370 g/mol. The Hall–Kier alpha value is -2.47. The van der Waals surface area contributed by atoms with E-state index in [2.05, 4.69) is 5.32 Å². The lowest BCUT2D eigenvalue weighted by Crippen LogP contribution is -2.42. The topological polar surface area (TPSA) is 66.5 Å². The third-order valence-corrected chi connectivity index (χ3v) is 5.11. The molecule has 1 heterocycles. The number of benzene rings is 2. The molecule has 6 heteroatoms. The first-order valence-electron chi connectivity index (χ1n) is 8.60. The molecule has 1 N–H and O–H groups in total. The maximum absolute atomic E-state index is 12.6. The SMILES string of the molecule is C[S@@](=O)Cc1cccc(C(=O)NCC(=O)N2CCCc3ccccc32)c1. The van der Waals surface area contributed by atoms with Gasteiger partial charge in [0.15, 0.2) is 0 Å². The summed E-state index contributed by atoms with van der Waals surface area (Å²) in [7, 11) is -0.966. The maximum atomic E-state index is 12.6. The molecule has 1 aliphatic heterocycles. The van der Waals surface area contributed by atoms with E-state index < -0.39 is 10.8 Å². The minimum Gasteiger partial charge on any atom is -0.343 e. The average molecular weight is 370 g/mol. The van der Waals surface area contributed by atoms with Crippen molar-refractivity contribution < 1.29 is 13.8 Å². The second-order valence-electron chi connectivity index (χ2n) is 6.38. The summed E-state index contributed by atoms with van der Waals surface area (Å²) in [6.07, 6.45) is 3.52. The van der Waals surface area contributed by atoms with E-state index in [9.17, 15) is 13.8 Å². The summed E-state index contributed by atoms with van der Waals surface area (Å²) in [5, 5.41) is 2.70. The van der Waals surface area contributed by atoms with Crippen molar-refractivity contribution in [3.63, 3.8) is 0 Å². The predicted molar refractivity (Wildman–Crippen MR) is 104 cm³/mol. The van der Waals surface area contributed by atoms with Crippen molar-refractivity contribution in [1.82, 2.24) is 5.32 Å². The number of amides is 2. The van der Waals surface area contributed by atoms with Gasteiger partial charge in [-0.15, -0.1) is 0 Å². The molecule has 0 aliphatic carbocycles. The lowest BCUT2D eigenvalue weighted by molar-refractivity contribution is -0.117. The highest BCUT2D eigenvalue weighted by atomic mass is 32.2. The largest absolute Gasteiger partial charge is 0.343 e. The molecule has 2 amide bonds. The number of fused-ring (bicyclic) bond motifs is 1. The minimum atomic E-state index is -0.966. The van der Waals surface area contributed by atoms with Gasteiger partial charge >= 0.3 is 0 Å². The van der Waals surface area contributed by atoms with E-state index in [0.717, 1.165) is 24.1 Å². The molecule has 0 unspecified atom stereocenters. The highest BCUT2D eigenvalue weighted by Crippen LogP contribution is 2.26. The average Bonchev–Trinajstić information content (AvgIpc) is 2.65. The second-order valence-corrected chi connectivity index (χ2v) is 7.81. The van der Waals surface area contributed by atoms with Crippen LogP contribution in [-0.4, -0.2) is 35.4 Å². The van der Waals surface area contributed by atoms with Crippen LogP contribution in [0.5, 0.6) is 0 Å². The van der Waals surface area contributed by atoms with Gasteiger partial charge in [0.2, 0.25) is 5.91 Å². The van der Waals surface area contributed by atoms with Crippen LogP contribution in [0.15, 0.2) is 48.5 Å². The van der Waals surface area contributed by atoms with Crippen LogP contribution in [0.4, 0.5) is 5.69 Å². The number of rotatable bonds is 5. The Morgan fingerprint density at radius 1 is 1.15 bits per heavy atom. The van der Waals surface area contributed by atoms with Gasteiger partial charge in [-0.05, 0) is 42.2 Å². The minimum absolute atomic E-state index is 0.0445. The van der Waals surface area contributed by atoms with Gasteiger partial charge in [-0.25, -0.2) is 0 Å². The van der Waals surface area contributed by atoms with Crippen LogP contribution in [0.1, 0.15) is 27.9 Å². The van der Waals surface area contributed by atoms with Crippen molar-refractivity contribution in [3.05, 3.63) is 65.2 Å². The van der Waals surface area contributed by atoms with E-state index in [1.54, 1.807) is 29.4 Å². The van der Waals surface area contributed by atoms with Gasteiger partial charge in [-0.1, -0.05) is 30.3 Å². The first kappa shape index (κ1) is 18.3. The number of hydrogen-bond donors (Lipinski definition) is 1. The Labute approximate surface area is 155 Å². The first-order chi connectivity index (χ1) is 12.5. The van der Waals surface area contributed by atoms with Crippen molar-refractivity contribution in [2.24, 2.45) is 0 Å². The standard InChI is InChI=1S/C20H22N2O3S/c1-26(25)14-15-6-4-8-17(12-15)20(24)21-13-19(23)22-11-5-9-16-7-2-3-10-18(16)22/h2-4,6-8,10,12H,5,9,11,13-14H2,1H3,(H,21,24)/t26-/m1/s1. The van der Waals surface area contributed by atoms with Crippen molar-refractivity contribution >= 4 is 28.3 Å². The summed E-state index contributed by atoms with van der Waals surface area (Å²) in [6.45, 7) is 0.626. The summed E-state index contributed by atoms with van der Waals surface area (Å²) < 4.78 is 11.3. The van der Waals surface area contributed by atoms with E-state index in [1.165, 1.54) is 5.56 Å². The zero-order chi connectivity index (χ0) is 18.5. The maximum Gasteiger partial charge on any atom is 0.251 e. The molecule has 0 aromatic heterocycles. The Balaban J connectivity index is 1.63. The van der Waals surface area contributed by atoms with Crippen LogP contribution < -0.4 is 10.2 Å². The molecule has 5 nitrogen and oxygen atoms in total. The zero-order valence-corrected chi connectivity index (χ0v) is 15.6. The van der Waals surface area contributed by atoms with E-state index in [-0.39, 0.29) is 18.4 Å². The number of hydrogen-bond acceptors (Lipinski definition) is 3. The number of nitrogens with zero attached hydrogens (tertiary/aromatic N) is 1. The lowest BCUT2D eigenvalue weighted by atomic mass is 10.0. The number of para-hydroxylation sites is 1. The van der Waals surface area contributed by atoms with Crippen LogP contribution in [-0.2, 0) is 27.8 Å². The molecule has 136 valence electrons. The fourth-order valence-electron chi connectivity index (χ4n) is 3.18. The van der Waals surface area contributed by atoms with Crippen LogP contribution in [0.2, 0.25) is 0 Å². The van der Waals surface area contributed by atoms with Crippen molar-refractivity contribution in [2.75, 3.05) is 24.2 Å². The zero-order valence-electron chi connectivity index (χ0n) is 14.7. The predicted octanol–water partition coefficient (Wildman–Crippen LogP) is 2.27. The van der Waals surface area contributed by atoms with Crippen LogP contribution in [0.3, 0.4) is 0 Å². The molecule has 2 aromatic carbocycles. The van der Waals surface area contributed by atoms with Gasteiger partial charge in [-0.2, -0.15) is 0 Å². The number of aryl methyl sites for hydroxylation is 1. The van der Waals surface area contributed by atoms with Crippen LogP contribution in [0, 0.1) is 0 Å². The lowest BCUT2D eigenvalue weighted by Gasteiger charge is -2.29. The normalized spacial score (nSPS) is 14.4. The van der Waals surface area contributed by atoms with Crippen LogP contribution >= 0.6 is 0 Å². The molecule has 1 atom stereocenters. The van der Waals surface area contributed by atoms with Gasteiger partial charge in [0.25, 0.3) is 5.91 Å². The molecular formula is C20H22N2O3S. The Morgan fingerprint density at radius 3 is 2.77 bits per heavy atom. The van der Waals surface area contributed by atoms with Gasteiger partial charge < -0.3 is 10.2 Å². The molecule has 0 radical (unpaired) electrons. The number of carbonyl (C=O) groups excluding carboxylic acids is 2. The molecule has 0 saturated carbocycles. The fraction of sp³-hybridized carbons (Fsp3) is 0.300. The Morgan fingerprint density at radius 2 is 1.96 bits per heavy atom. The van der Waals surface area contributed by atoms with Crippen molar-refractivity contribution in [3.8, 4) is 0 Å². The molecule has 0 fully saturated rings. The number of nitrogens with one attached hydrogen (secondary N) is 1. The summed E-state index contributed by atoms with van der Waals surface area (Å²) in [5.74, 6) is -0.00589. The first-order valence-corrected chi connectivity index (χ1v) is 10.3. The summed E-state index contributed by atoms with van der Waals surface area (Å²) in [5.41, 5.74) is 3.42. The highest BCUT2D eigenvalue weighted by Gasteiger charge is 2.22. The van der Waals surface area contributed by atoms with Gasteiger partial charge in [0.1, 0.15) is 0 Å². The van der Waals surface area contributed by atoms with E-state index in [1.807, 2.05) is 30.3 Å². The van der Waals surface area contributed by atoms with E-state index in [4.69, 9.17) is 0 Å². The third kappa shape index (κ3) is 4.38. The summed E-state index contributed by atoms with van der Waals surface area (Å²) in [6, 6.07) is 14.9. The van der Waals surface area contributed by atoms with Crippen LogP contribution in [0.25, 0.3) is 0 Å². The Bertz CT molecular complexity index is 850. The third-order valence-electron chi connectivity index (χ3n) is 4.37. The van der Waals surface area contributed by atoms with Crippen molar-refractivity contribution in [1.29, 1.82) is 0 Å². The highest BCUT2D eigenvalue weighted by molar-refractivity contribution is 7.83. The molecule has 1 aliphatic rings. The molecule has 26 heavy (non-hydrogen) atoms. The van der Waals surface area contributed by atoms with Gasteiger partial charge in [0, 0.05) is 40.6 Å². The van der Waals surface area contributed by atoms with E-state index >= 15 is 0 Å². The molecule has 3 rings (SSSR count).